The molecule has 1 saturated carbocycles. The van der Waals surface area contributed by atoms with E-state index < -0.39 is 5.97 Å². The Morgan fingerprint density at radius 2 is 2.04 bits per heavy atom. The molecular formula is C21H23N3O4. The van der Waals surface area contributed by atoms with Crippen LogP contribution >= 0.6 is 0 Å². The number of fused-ring (bicyclic) bond motifs is 2. The summed E-state index contributed by atoms with van der Waals surface area (Å²) in [7, 11) is 1.38. The Morgan fingerprint density at radius 3 is 2.82 bits per heavy atom. The van der Waals surface area contributed by atoms with Gasteiger partial charge in [0, 0.05) is 53.7 Å². The average Bonchev–Trinajstić information content (AvgIpc) is 3.03. The molecule has 1 fully saturated rings. The zero-order chi connectivity index (χ0) is 19.8. The van der Waals surface area contributed by atoms with Crippen LogP contribution in [0, 0.1) is 24.7 Å². The van der Waals surface area contributed by atoms with Gasteiger partial charge in [-0.2, -0.15) is 0 Å². The molecule has 0 saturated heterocycles. The van der Waals surface area contributed by atoms with E-state index in [9.17, 15) is 9.59 Å². The molecule has 0 spiro atoms. The maximum atomic E-state index is 12.9. The topological polar surface area (TPSA) is 90.4 Å². The standard InChI is InChI=1S/C21H23N3O4/c1-11-15-7-23-9-17(20(25)27-3)14(15)6-19(11)28-21(26)18-10-24-12(2)16-8-22-5-4-13(16)18/h4-5,8-11,14-15,19,23H,6-7H2,1-3H3/t11-,14+,15-,19+/m1/s1. The van der Waals surface area contributed by atoms with Crippen molar-refractivity contribution < 1.29 is 19.1 Å². The van der Waals surface area contributed by atoms with Gasteiger partial charge >= 0.3 is 11.9 Å². The summed E-state index contributed by atoms with van der Waals surface area (Å²) in [5.74, 6) is -0.355. The average molecular weight is 381 g/mol. The molecule has 1 aliphatic heterocycles. The SMILES string of the molecule is COC(=O)C1=CNC[C@@H]2[C@@H](C)[C@@H](OC(=O)c3cnc(C)c4cnccc34)C[C@H]12. The third-order valence-corrected chi connectivity index (χ3v) is 6.06. The van der Waals surface area contributed by atoms with Gasteiger partial charge in [0.2, 0.25) is 0 Å². The van der Waals surface area contributed by atoms with Crippen LogP contribution in [0.2, 0.25) is 0 Å². The lowest BCUT2D eigenvalue weighted by Crippen LogP contribution is -2.35. The Labute approximate surface area is 163 Å². The molecule has 1 aliphatic carbocycles. The minimum Gasteiger partial charge on any atom is -0.466 e. The monoisotopic (exact) mass is 381 g/mol. The van der Waals surface area contributed by atoms with Crippen LogP contribution in [0.5, 0.6) is 0 Å². The van der Waals surface area contributed by atoms with E-state index in [2.05, 4.69) is 22.2 Å². The molecule has 7 heteroatoms. The zero-order valence-corrected chi connectivity index (χ0v) is 16.1. The summed E-state index contributed by atoms with van der Waals surface area (Å²) in [5.41, 5.74) is 1.88. The number of aromatic nitrogens is 2. The van der Waals surface area contributed by atoms with Crippen molar-refractivity contribution in [2.24, 2.45) is 17.8 Å². The summed E-state index contributed by atoms with van der Waals surface area (Å²) < 4.78 is 10.8. The molecule has 146 valence electrons. The lowest BCUT2D eigenvalue weighted by atomic mass is 9.83. The number of nitrogens with one attached hydrogen (secondary N) is 1. The van der Waals surface area contributed by atoms with Crippen LogP contribution in [0.3, 0.4) is 0 Å². The molecule has 2 aromatic rings. The molecule has 1 N–H and O–H groups in total. The highest BCUT2D eigenvalue weighted by molar-refractivity contribution is 6.04. The second-order valence-electron chi connectivity index (χ2n) is 7.49. The Kier molecular flexibility index (Phi) is 4.75. The number of hydrogen-bond acceptors (Lipinski definition) is 7. The molecule has 0 amide bonds. The van der Waals surface area contributed by atoms with E-state index in [-0.39, 0.29) is 29.8 Å². The van der Waals surface area contributed by atoms with E-state index in [0.717, 1.165) is 23.0 Å². The van der Waals surface area contributed by atoms with Gasteiger partial charge in [0.25, 0.3) is 0 Å². The molecule has 2 aliphatic rings. The second-order valence-corrected chi connectivity index (χ2v) is 7.49. The van der Waals surface area contributed by atoms with Gasteiger partial charge in [-0.15, -0.1) is 0 Å². The van der Waals surface area contributed by atoms with Gasteiger partial charge in [0.15, 0.2) is 0 Å². The fourth-order valence-electron chi connectivity index (χ4n) is 4.44. The highest BCUT2D eigenvalue weighted by Gasteiger charge is 2.47. The fourth-order valence-corrected chi connectivity index (χ4v) is 4.44. The molecule has 0 aromatic carbocycles. The first-order valence-electron chi connectivity index (χ1n) is 9.43. The highest BCUT2D eigenvalue weighted by Crippen LogP contribution is 2.44. The molecule has 0 bridgehead atoms. The smallest absolute Gasteiger partial charge is 0.340 e. The minimum atomic E-state index is -0.393. The number of carbonyl (C=O) groups is 2. The Balaban J connectivity index is 1.57. The van der Waals surface area contributed by atoms with Gasteiger partial charge in [-0.1, -0.05) is 6.92 Å². The van der Waals surface area contributed by atoms with Gasteiger partial charge in [0.1, 0.15) is 6.10 Å². The van der Waals surface area contributed by atoms with E-state index >= 15 is 0 Å². The number of esters is 2. The quantitative estimate of drug-likeness (QED) is 0.817. The van der Waals surface area contributed by atoms with E-state index in [4.69, 9.17) is 9.47 Å². The zero-order valence-electron chi connectivity index (χ0n) is 16.1. The predicted octanol–water partition coefficient (Wildman–Crippen LogP) is 2.40. The van der Waals surface area contributed by atoms with Gasteiger partial charge in [0.05, 0.1) is 18.2 Å². The largest absolute Gasteiger partial charge is 0.466 e. The summed E-state index contributed by atoms with van der Waals surface area (Å²) in [4.78, 5) is 33.5. The Bertz CT molecular complexity index is 971. The lowest BCUT2D eigenvalue weighted by molar-refractivity contribution is -0.137. The van der Waals surface area contributed by atoms with Crippen molar-refractivity contribution in [3.63, 3.8) is 0 Å². The van der Waals surface area contributed by atoms with Crippen LogP contribution in [0.15, 0.2) is 36.4 Å². The van der Waals surface area contributed by atoms with Crippen molar-refractivity contribution in [2.75, 3.05) is 13.7 Å². The van der Waals surface area contributed by atoms with Gasteiger partial charge in [-0.05, 0) is 31.2 Å². The first-order valence-corrected chi connectivity index (χ1v) is 9.43. The van der Waals surface area contributed by atoms with Gasteiger partial charge in [-0.25, -0.2) is 9.59 Å². The first-order chi connectivity index (χ1) is 13.5. The molecule has 0 radical (unpaired) electrons. The highest BCUT2D eigenvalue weighted by atomic mass is 16.5. The minimum absolute atomic E-state index is 0.0265. The number of nitrogens with zero attached hydrogens (tertiary/aromatic N) is 2. The number of aryl methyl sites for hydroxylation is 1. The number of carbonyl (C=O) groups excluding carboxylic acids is 2. The van der Waals surface area contributed by atoms with Crippen LogP contribution < -0.4 is 5.32 Å². The normalized spacial score (nSPS) is 26.2. The van der Waals surface area contributed by atoms with Gasteiger partial charge < -0.3 is 14.8 Å². The van der Waals surface area contributed by atoms with Gasteiger partial charge in [-0.3, -0.25) is 9.97 Å². The van der Waals surface area contributed by atoms with Crippen molar-refractivity contribution in [3.8, 4) is 0 Å². The summed E-state index contributed by atoms with van der Waals surface area (Å²) in [6.07, 6.45) is 7.00. The lowest BCUT2D eigenvalue weighted by Gasteiger charge is -2.28. The maximum Gasteiger partial charge on any atom is 0.340 e. The summed E-state index contributed by atoms with van der Waals surface area (Å²) in [6, 6.07) is 1.81. The molecule has 0 unspecified atom stereocenters. The number of hydrogen-bond donors (Lipinski definition) is 1. The maximum absolute atomic E-state index is 12.9. The first kappa shape index (κ1) is 18.4. The molecule has 3 heterocycles. The fraction of sp³-hybridized carbons (Fsp3) is 0.429. The molecular weight excluding hydrogens is 358 g/mol. The van der Waals surface area contributed by atoms with Crippen molar-refractivity contribution in [1.82, 2.24) is 15.3 Å². The van der Waals surface area contributed by atoms with Crippen LogP contribution in [-0.2, 0) is 14.3 Å². The summed E-state index contributed by atoms with van der Waals surface area (Å²) in [6.45, 7) is 4.71. The number of rotatable bonds is 3. The number of methoxy groups -OCH3 is 1. The summed E-state index contributed by atoms with van der Waals surface area (Å²) >= 11 is 0. The summed E-state index contributed by atoms with van der Waals surface area (Å²) in [5, 5.41) is 4.79. The van der Waals surface area contributed by atoms with Crippen molar-refractivity contribution in [2.45, 2.75) is 26.4 Å². The number of pyridine rings is 2. The Hall–Kier alpha value is -2.96. The molecule has 7 nitrogen and oxygen atoms in total. The third-order valence-electron chi connectivity index (χ3n) is 6.06. The Morgan fingerprint density at radius 1 is 1.21 bits per heavy atom. The van der Waals surface area contributed by atoms with Crippen LogP contribution in [0.4, 0.5) is 0 Å². The van der Waals surface area contributed by atoms with Crippen molar-refractivity contribution in [1.29, 1.82) is 0 Å². The van der Waals surface area contributed by atoms with Crippen molar-refractivity contribution >= 4 is 22.7 Å². The predicted molar refractivity (Wildman–Crippen MR) is 102 cm³/mol. The molecule has 4 rings (SSSR count). The molecule has 4 atom stereocenters. The third kappa shape index (κ3) is 3.00. The second kappa shape index (κ2) is 7.22. The van der Waals surface area contributed by atoms with Crippen LogP contribution in [0.1, 0.15) is 29.4 Å². The van der Waals surface area contributed by atoms with Crippen LogP contribution in [-0.4, -0.2) is 41.7 Å². The van der Waals surface area contributed by atoms with E-state index in [1.54, 1.807) is 30.9 Å². The molecule has 2 aromatic heterocycles. The number of ether oxygens (including phenoxy) is 2. The van der Waals surface area contributed by atoms with Crippen molar-refractivity contribution in [3.05, 3.63) is 47.7 Å². The molecule has 28 heavy (non-hydrogen) atoms. The van der Waals surface area contributed by atoms with E-state index in [1.807, 2.05) is 6.92 Å². The van der Waals surface area contributed by atoms with E-state index in [0.29, 0.717) is 17.6 Å². The van der Waals surface area contributed by atoms with E-state index in [1.165, 1.54) is 7.11 Å². The van der Waals surface area contributed by atoms with Crippen LogP contribution in [0.25, 0.3) is 10.8 Å².